The van der Waals surface area contributed by atoms with Gasteiger partial charge in [-0.2, -0.15) is 5.10 Å². The van der Waals surface area contributed by atoms with Crippen LogP contribution < -0.4 is 14.8 Å². The van der Waals surface area contributed by atoms with Crippen LogP contribution in [0.5, 0.6) is 11.5 Å². The zero-order valence-electron chi connectivity index (χ0n) is 16.2. The van der Waals surface area contributed by atoms with Crippen molar-refractivity contribution in [1.82, 2.24) is 20.7 Å². The van der Waals surface area contributed by atoms with Crippen LogP contribution in [0.25, 0.3) is 22.6 Å². The fourth-order valence-corrected chi connectivity index (χ4v) is 3.20. The summed E-state index contributed by atoms with van der Waals surface area (Å²) < 4.78 is 29.6. The second-order valence-electron chi connectivity index (χ2n) is 6.90. The summed E-state index contributed by atoms with van der Waals surface area (Å²) in [6.07, 6.45) is 0. The number of hydrogen-bond donors (Lipinski definition) is 2. The van der Waals surface area contributed by atoms with E-state index in [9.17, 15) is 9.18 Å². The number of ether oxygens (including phenoxy) is 2. The normalized spacial score (nSPS) is 12.5. The van der Waals surface area contributed by atoms with E-state index in [0.29, 0.717) is 47.4 Å². The molecule has 0 spiro atoms. The topological polar surface area (TPSA) is 102 Å². The number of hydrogen-bond acceptors (Lipinski definition) is 6. The van der Waals surface area contributed by atoms with Crippen LogP contribution in [-0.4, -0.2) is 34.5 Å². The van der Waals surface area contributed by atoms with Crippen LogP contribution in [-0.2, 0) is 6.54 Å². The Morgan fingerprint density at radius 2 is 1.77 bits per heavy atom. The summed E-state index contributed by atoms with van der Waals surface area (Å²) in [5.74, 6) is 1.24. The average Bonchev–Trinajstić information content (AvgIpc) is 3.48. The van der Waals surface area contributed by atoms with E-state index in [1.807, 2.05) is 18.2 Å². The van der Waals surface area contributed by atoms with E-state index < -0.39 is 0 Å². The van der Waals surface area contributed by atoms with Gasteiger partial charge in [0.1, 0.15) is 30.4 Å². The maximum Gasteiger partial charge on any atom is 0.269 e. The first kappa shape index (κ1) is 18.9. The number of aromatic amines is 1. The molecule has 5 rings (SSSR count). The van der Waals surface area contributed by atoms with E-state index in [2.05, 4.69) is 20.7 Å². The molecular weight excluding hydrogens is 403 g/mol. The van der Waals surface area contributed by atoms with Gasteiger partial charge < -0.3 is 19.3 Å². The van der Waals surface area contributed by atoms with Gasteiger partial charge in [0.25, 0.3) is 5.91 Å². The van der Waals surface area contributed by atoms with Gasteiger partial charge in [0.2, 0.25) is 0 Å². The van der Waals surface area contributed by atoms with Crippen LogP contribution >= 0.6 is 0 Å². The van der Waals surface area contributed by atoms with Crippen LogP contribution in [0.3, 0.4) is 0 Å². The van der Waals surface area contributed by atoms with E-state index in [1.165, 1.54) is 12.1 Å². The highest BCUT2D eigenvalue weighted by Crippen LogP contribution is 2.34. The molecular formula is C22H17FN4O4. The van der Waals surface area contributed by atoms with Gasteiger partial charge in [-0.25, -0.2) is 4.39 Å². The first-order valence-electron chi connectivity index (χ1n) is 9.61. The standard InChI is InChI=1S/C22H17FN4O4/c23-15-4-1-13(2-5-15)17-11-18(26-25-17)22(28)24-12-16-10-20(31-27-16)14-3-6-19-21(9-14)30-8-7-29-19/h1-6,9-11H,7-8,12H2,(H,24,28)(H,25,26). The third-order valence-electron chi connectivity index (χ3n) is 4.78. The van der Waals surface area contributed by atoms with Crippen molar-refractivity contribution in [3.63, 3.8) is 0 Å². The maximum absolute atomic E-state index is 13.1. The monoisotopic (exact) mass is 420 g/mol. The third kappa shape index (κ3) is 3.97. The van der Waals surface area contributed by atoms with Crippen LogP contribution in [0.2, 0.25) is 0 Å². The molecule has 156 valence electrons. The highest BCUT2D eigenvalue weighted by atomic mass is 19.1. The Hall–Kier alpha value is -4.14. The third-order valence-corrected chi connectivity index (χ3v) is 4.78. The van der Waals surface area contributed by atoms with Crippen molar-refractivity contribution in [2.45, 2.75) is 6.54 Å². The fraction of sp³-hybridized carbons (Fsp3) is 0.136. The zero-order chi connectivity index (χ0) is 21.2. The smallest absolute Gasteiger partial charge is 0.269 e. The number of carbonyl (C=O) groups excluding carboxylic acids is 1. The minimum atomic E-state index is -0.343. The predicted molar refractivity (Wildman–Crippen MR) is 108 cm³/mol. The molecule has 0 unspecified atom stereocenters. The number of aromatic nitrogens is 3. The van der Waals surface area contributed by atoms with Crippen molar-refractivity contribution >= 4 is 5.91 Å². The second kappa shape index (κ2) is 7.94. The number of H-pyrrole nitrogens is 1. The van der Waals surface area contributed by atoms with E-state index >= 15 is 0 Å². The Bertz CT molecular complexity index is 1230. The number of benzene rings is 2. The van der Waals surface area contributed by atoms with Gasteiger partial charge in [0.15, 0.2) is 17.3 Å². The van der Waals surface area contributed by atoms with Crippen molar-refractivity contribution in [3.05, 3.63) is 71.8 Å². The van der Waals surface area contributed by atoms with Gasteiger partial charge in [-0.05, 0) is 48.5 Å². The molecule has 2 N–H and O–H groups in total. The highest BCUT2D eigenvalue weighted by molar-refractivity contribution is 5.93. The van der Waals surface area contributed by atoms with Crippen LogP contribution in [0.4, 0.5) is 4.39 Å². The molecule has 1 amide bonds. The van der Waals surface area contributed by atoms with Gasteiger partial charge in [0.05, 0.1) is 12.2 Å². The maximum atomic E-state index is 13.1. The lowest BCUT2D eigenvalue weighted by atomic mass is 10.1. The summed E-state index contributed by atoms with van der Waals surface area (Å²) in [6, 6.07) is 14.8. The molecule has 4 aromatic rings. The molecule has 0 fully saturated rings. The summed E-state index contributed by atoms with van der Waals surface area (Å²) in [5, 5.41) is 13.6. The molecule has 8 nitrogen and oxygen atoms in total. The number of rotatable bonds is 5. The largest absolute Gasteiger partial charge is 0.486 e. The van der Waals surface area contributed by atoms with Gasteiger partial charge in [-0.15, -0.1) is 0 Å². The van der Waals surface area contributed by atoms with Crippen molar-refractivity contribution < 1.29 is 23.2 Å². The summed E-state index contributed by atoms with van der Waals surface area (Å²) in [7, 11) is 0. The summed E-state index contributed by atoms with van der Waals surface area (Å²) >= 11 is 0. The molecule has 0 bridgehead atoms. The number of fused-ring (bicyclic) bond motifs is 1. The van der Waals surface area contributed by atoms with Crippen LogP contribution in [0.15, 0.2) is 59.1 Å². The van der Waals surface area contributed by atoms with Crippen molar-refractivity contribution in [1.29, 1.82) is 0 Å². The van der Waals surface area contributed by atoms with Crippen molar-refractivity contribution in [2.75, 3.05) is 13.2 Å². The molecule has 0 atom stereocenters. The lowest BCUT2D eigenvalue weighted by Crippen LogP contribution is -2.23. The number of amides is 1. The molecule has 0 saturated carbocycles. The molecule has 2 aromatic heterocycles. The predicted octanol–water partition coefficient (Wildman–Crippen LogP) is 3.57. The van der Waals surface area contributed by atoms with Crippen LogP contribution in [0.1, 0.15) is 16.2 Å². The lowest BCUT2D eigenvalue weighted by Gasteiger charge is -2.18. The van der Waals surface area contributed by atoms with Gasteiger partial charge >= 0.3 is 0 Å². The minimum absolute atomic E-state index is 0.178. The van der Waals surface area contributed by atoms with Gasteiger partial charge in [0, 0.05) is 17.2 Å². The molecule has 9 heteroatoms. The Kier molecular flexibility index (Phi) is 4.83. The summed E-state index contributed by atoms with van der Waals surface area (Å²) in [6.45, 7) is 1.21. The van der Waals surface area contributed by atoms with Gasteiger partial charge in [-0.1, -0.05) is 5.16 Å². The van der Waals surface area contributed by atoms with Crippen molar-refractivity contribution in [2.24, 2.45) is 0 Å². The Morgan fingerprint density at radius 3 is 2.61 bits per heavy atom. The quantitative estimate of drug-likeness (QED) is 0.512. The lowest BCUT2D eigenvalue weighted by molar-refractivity contribution is 0.0945. The van der Waals surface area contributed by atoms with E-state index in [1.54, 1.807) is 24.3 Å². The molecule has 3 heterocycles. The Labute approximate surface area is 176 Å². The molecule has 1 aliphatic rings. The summed E-state index contributed by atoms with van der Waals surface area (Å²) in [5.41, 5.74) is 2.91. The van der Waals surface area contributed by atoms with E-state index in [0.717, 1.165) is 5.56 Å². The molecule has 0 aliphatic carbocycles. The SMILES string of the molecule is O=C(NCc1cc(-c2ccc3c(c2)OCCO3)on1)c1cc(-c2ccc(F)cc2)n[nH]1. The highest BCUT2D eigenvalue weighted by Gasteiger charge is 2.16. The van der Waals surface area contributed by atoms with Crippen LogP contribution in [0, 0.1) is 5.82 Å². The van der Waals surface area contributed by atoms with Crippen molar-refractivity contribution in [3.8, 4) is 34.1 Å². The number of nitrogens with one attached hydrogen (secondary N) is 2. The van der Waals surface area contributed by atoms with Gasteiger partial charge in [-0.3, -0.25) is 9.89 Å². The minimum Gasteiger partial charge on any atom is -0.486 e. The number of nitrogens with zero attached hydrogens (tertiary/aromatic N) is 2. The number of carbonyl (C=O) groups is 1. The summed E-state index contributed by atoms with van der Waals surface area (Å²) in [4.78, 5) is 12.4. The van der Waals surface area contributed by atoms with E-state index in [-0.39, 0.29) is 24.0 Å². The molecule has 2 aromatic carbocycles. The zero-order valence-corrected chi connectivity index (χ0v) is 16.2. The Morgan fingerprint density at radius 1 is 1.00 bits per heavy atom. The van der Waals surface area contributed by atoms with E-state index in [4.69, 9.17) is 14.0 Å². The average molecular weight is 420 g/mol. The first-order chi connectivity index (χ1) is 15.2. The first-order valence-corrected chi connectivity index (χ1v) is 9.61. The number of halogens is 1. The molecule has 0 saturated heterocycles. The molecule has 31 heavy (non-hydrogen) atoms. The Balaban J connectivity index is 1.23. The molecule has 0 radical (unpaired) electrons. The second-order valence-corrected chi connectivity index (χ2v) is 6.90. The fourth-order valence-electron chi connectivity index (χ4n) is 3.20. The molecule has 1 aliphatic heterocycles.